The van der Waals surface area contributed by atoms with Crippen LogP contribution in [0.4, 0.5) is 5.82 Å². The van der Waals surface area contributed by atoms with Crippen LogP contribution >= 0.6 is 0 Å². The average Bonchev–Trinajstić information content (AvgIpc) is 2.64. The van der Waals surface area contributed by atoms with E-state index in [2.05, 4.69) is 27.4 Å². The van der Waals surface area contributed by atoms with E-state index < -0.39 is 0 Å². The molecule has 1 saturated carbocycles. The van der Waals surface area contributed by atoms with Gasteiger partial charge in [-0.05, 0) is 63.7 Å². The molecule has 1 saturated heterocycles. The molecule has 0 unspecified atom stereocenters. The van der Waals surface area contributed by atoms with Gasteiger partial charge in [0.2, 0.25) is 11.8 Å². The fourth-order valence-electron chi connectivity index (χ4n) is 4.18. The molecule has 2 fully saturated rings. The molecule has 148 valence electrons. The molecule has 0 bridgehead atoms. The number of piperidine rings is 1. The van der Waals surface area contributed by atoms with Crippen LogP contribution in [-0.4, -0.2) is 47.4 Å². The first-order valence-corrected chi connectivity index (χ1v) is 10.3. The summed E-state index contributed by atoms with van der Waals surface area (Å²) in [6.07, 6.45) is 6.37. The van der Waals surface area contributed by atoms with Crippen LogP contribution in [0.1, 0.15) is 51.1 Å². The number of hydrogen-bond acceptors (Lipinski definition) is 4. The van der Waals surface area contributed by atoms with Gasteiger partial charge in [0.1, 0.15) is 5.82 Å². The Labute approximate surface area is 162 Å². The third-order valence-electron chi connectivity index (χ3n) is 5.92. The van der Waals surface area contributed by atoms with Crippen LogP contribution in [-0.2, 0) is 9.59 Å². The highest BCUT2D eigenvalue weighted by Crippen LogP contribution is 2.24. The summed E-state index contributed by atoms with van der Waals surface area (Å²) in [6.45, 7) is 6.15. The number of likely N-dealkylation sites (tertiary alicyclic amines) is 1. The zero-order chi connectivity index (χ0) is 19.2. The lowest BCUT2D eigenvalue weighted by molar-refractivity contribution is -0.124. The van der Waals surface area contributed by atoms with Crippen molar-refractivity contribution in [2.75, 3.05) is 25.0 Å². The molecule has 1 aromatic rings. The third kappa shape index (κ3) is 5.76. The Bertz CT molecular complexity index is 655. The second-order valence-electron chi connectivity index (χ2n) is 8.14. The molecule has 2 amide bonds. The third-order valence-corrected chi connectivity index (χ3v) is 5.92. The van der Waals surface area contributed by atoms with Crippen molar-refractivity contribution in [2.24, 2.45) is 11.8 Å². The molecule has 0 spiro atoms. The smallest absolute Gasteiger partial charge is 0.234 e. The summed E-state index contributed by atoms with van der Waals surface area (Å²) in [5.74, 6) is 1.34. The van der Waals surface area contributed by atoms with Crippen molar-refractivity contribution in [3.8, 4) is 0 Å². The second kappa shape index (κ2) is 9.31. The van der Waals surface area contributed by atoms with Crippen LogP contribution in [0.3, 0.4) is 0 Å². The number of rotatable bonds is 5. The van der Waals surface area contributed by atoms with E-state index in [1.54, 1.807) is 0 Å². The summed E-state index contributed by atoms with van der Waals surface area (Å²) in [4.78, 5) is 31.3. The molecule has 2 aliphatic rings. The van der Waals surface area contributed by atoms with E-state index in [1.807, 2.05) is 25.1 Å². The van der Waals surface area contributed by atoms with Crippen molar-refractivity contribution in [2.45, 2.75) is 58.4 Å². The Morgan fingerprint density at radius 1 is 1.15 bits per heavy atom. The van der Waals surface area contributed by atoms with Gasteiger partial charge in [-0.3, -0.25) is 14.5 Å². The minimum atomic E-state index is -0.00927. The molecule has 2 atom stereocenters. The number of pyridine rings is 1. The Morgan fingerprint density at radius 2 is 1.89 bits per heavy atom. The highest BCUT2D eigenvalue weighted by atomic mass is 16.2. The molecule has 6 heteroatoms. The van der Waals surface area contributed by atoms with E-state index in [0.717, 1.165) is 38.0 Å². The molecular formula is C21H32N4O2. The van der Waals surface area contributed by atoms with E-state index in [0.29, 0.717) is 24.3 Å². The molecule has 1 aliphatic carbocycles. The maximum absolute atomic E-state index is 12.5. The summed E-state index contributed by atoms with van der Waals surface area (Å²) in [7, 11) is 0. The van der Waals surface area contributed by atoms with Crippen LogP contribution in [0, 0.1) is 18.8 Å². The van der Waals surface area contributed by atoms with Gasteiger partial charge < -0.3 is 10.6 Å². The molecule has 0 radical (unpaired) electrons. The fraction of sp³-hybridized carbons (Fsp3) is 0.667. The predicted octanol–water partition coefficient (Wildman–Crippen LogP) is 2.74. The van der Waals surface area contributed by atoms with Gasteiger partial charge in [-0.1, -0.05) is 25.8 Å². The molecule has 2 N–H and O–H groups in total. The Morgan fingerprint density at radius 3 is 2.59 bits per heavy atom. The van der Waals surface area contributed by atoms with E-state index in [9.17, 15) is 9.59 Å². The van der Waals surface area contributed by atoms with Crippen molar-refractivity contribution < 1.29 is 9.59 Å². The molecule has 0 aromatic carbocycles. The van der Waals surface area contributed by atoms with Crippen LogP contribution in [0.2, 0.25) is 0 Å². The van der Waals surface area contributed by atoms with Gasteiger partial charge >= 0.3 is 0 Å². The summed E-state index contributed by atoms with van der Waals surface area (Å²) in [6, 6.07) is 5.95. The molecule has 1 aliphatic heterocycles. The monoisotopic (exact) mass is 372 g/mol. The van der Waals surface area contributed by atoms with Gasteiger partial charge in [0, 0.05) is 17.7 Å². The lowest BCUT2D eigenvalue weighted by Crippen LogP contribution is -2.47. The van der Waals surface area contributed by atoms with Crippen molar-refractivity contribution in [3.05, 3.63) is 23.9 Å². The SMILES string of the molecule is Cc1cccc(NC(=O)C2CCN(CC(=O)N[C@@H]3CCCC[C@@H]3C)CC2)n1. The zero-order valence-electron chi connectivity index (χ0n) is 16.5. The van der Waals surface area contributed by atoms with Crippen molar-refractivity contribution in [3.63, 3.8) is 0 Å². The number of nitrogens with one attached hydrogen (secondary N) is 2. The maximum Gasteiger partial charge on any atom is 0.234 e. The normalized spacial score (nSPS) is 24.4. The first kappa shape index (κ1) is 19.8. The summed E-state index contributed by atoms with van der Waals surface area (Å²) in [5.41, 5.74) is 0.890. The Hall–Kier alpha value is -1.95. The van der Waals surface area contributed by atoms with E-state index in [4.69, 9.17) is 0 Å². The lowest BCUT2D eigenvalue weighted by Gasteiger charge is -2.33. The van der Waals surface area contributed by atoms with Crippen molar-refractivity contribution in [1.82, 2.24) is 15.2 Å². The number of amides is 2. The van der Waals surface area contributed by atoms with Crippen LogP contribution in [0.5, 0.6) is 0 Å². The minimum absolute atomic E-state index is 0.00927. The van der Waals surface area contributed by atoms with Crippen molar-refractivity contribution >= 4 is 17.6 Å². The summed E-state index contributed by atoms with van der Waals surface area (Å²) in [5, 5.41) is 6.14. The quantitative estimate of drug-likeness (QED) is 0.833. The van der Waals surface area contributed by atoms with Gasteiger partial charge in [-0.2, -0.15) is 0 Å². The van der Waals surface area contributed by atoms with Gasteiger partial charge in [-0.15, -0.1) is 0 Å². The van der Waals surface area contributed by atoms with Gasteiger partial charge in [0.25, 0.3) is 0 Å². The van der Waals surface area contributed by atoms with Crippen LogP contribution < -0.4 is 10.6 Å². The number of aromatic nitrogens is 1. The average molecular weight is 373 g/mol. The molecule has 2 heterocycles. The highest BCUT2D eigenvalue weighted by molar-refractivity contribution is 5.91. The summed E-state index contributed by atoms with van der Waals surface area (Å²) >= 11 is 0. The fourth-order valence-corrected chi connectivity index (χ4v) is 4.18. The standard InChI is InChI=1S/C21H32N4O2/c1-15-6-3-4-8-18(15)23-20(26)14-25-12-10-17(11-13-25)21(27)24-19-9-5-7-16(2)22-19/h5,7,9,15,17-18H,3-4,6,8,10-14H2,1-2H3,(H,23,26)(H,22,24,27)/t15-,18+/m0/s1. The molecule has 27 heavy (non-hydrogen) atoms. The molecular weight excluding hydrogens is 340 g/mol. The topological polar surface area (TPSA) is 74.3 Å². The van der Waals surface area contributed by atoms with Gasteiger partial charge in [0.15, 0.2) is 0 Å². The number of carbonyl (C=O) groups excluding carboxylic acids is 2. The number of aryl methyl sites for hydroxylation is 1. The molecule has 6 nitrogen and oxygen atoms in total. The highest BCUT2D eigenvalue weighted by Gasteiger charge is 2.27. The number of hydrogen-bond donors (Lipinski definition) is 2. The van der Waals surface area contributed by atoms with E-state index in [-0.39, 0.29) is 17.7 Å². The van der Waals surface area contributed by atoms with Crippen LogP contribution in [0.15, 0.2) is 18.2 Å². The zero-order valence-corrected chi connectivity index (χ0v) is 16.5. The van der Waals surface area contributed by atoms with Gasteiger partial charge in [-0.25, -0.2) is 4.98 Å². The molecule has 3 rings (SSSR count). The number of nitrogens with zero attached hydrogens (tertiary/aromatic N) is 2. The Balaban J connectivity index is 1.40. The van der Waals surface area contributed by atoms with Gasteiger partial charge in [0.05, 0.1) is 6.54 Å². The predicted molar refractivity (Wildman–Crippen MR) is 106 cm³/mol. The van der Waals surface area contributed by atoms with E-state index in [1.165, 1.54) is 19.3 Å². The first-order valence-electron chi connectivity index (χ1n) is 10.3. The Kier molecular flexibility index (Phi) is 6.83. The summed E-state index contributed by atoms with van der Waals surface area (Å²) < 4.78 is 0. The van der Waals surface area contributed by atoms with Crippen LogP contribution in [0.25, 0.3) is 0 Å². The molecule has 1 aromatic heterocycles. The maximum atomic E-state index is 12.5. The number of carbonyl (C=O) groups is 2. The second-order valence-corrected chi connectivity index (χ2v) is 8.14. The number of anilines is 1. The first-order chi connectivity index (χ1) is 13.0. The van der Waals surface area contributed by atoms with E-state index >= 15 is 0 Å². The van der Waals surface area contributed by atoms with Crippen molar-refractivity contribution in [1.29, 1.82) is 0 Å². The largest absolute Gasteiger partial charge is 0.352 e. The lowest BCUT2D eigenvalue weighted by atomic mass is 9.86. The minimum Gasteiger partial charge on any atom is -0.352 e.